The average Bonchev–Trinajstić information content (AvgIpc) is 3.18. The van der Waals surface area contributed by atoms with Gasteiger partial charge >= 0.3 is 6.18 Å². The summed E-state index contributed by atoms with van der Waals surface area (Å²) < 4.78 is 52.7. The van der Waals surface area contributed by atoms with Crippen LogP contribution in [0.4, 0.5) is 13.2 Å². The van der Waals surface area contributed by atoms with Gasteiger partial charge in [0.1, 0.15) is 17.2 Å². The smallest absolute Gasteiger partial charge is 0.423 e. The van der Waals surface area contributed by atoms with Gasteiger partial charge in [-0.15, -0.1) is 0 Å². The number of nitrogens with zero attached hydrogens (tertiary/aromatic N) is 2. The Morgan fingerprint density at radius 2 is 1.78 bits per heavy atom. The maximum absolute atomic E-state index is 13.7. The van der Waals surface area contributed by atoms with Crippen LogP contribution in [0.1, 0.15) is 16.1 Å². The lowest BCUT2D eigenvalue weighted by Crippen LogP contribution is -2.51. The van der Waals surface area contributed by atoms with Gasteiger partial charge in [0, 0.05) is 12.6 Å². The number of carbonyl (C=O) groups is 1. The minimum absolute atomic E-state index is 0.00228. The Morgan fingerprint density at radius 3 is 2.38 bits per heavy atom. The molecule has 0 unspecified atom stereocenters. The van der Waals surface area contributed by atoms with E-state index in [1.807, 2.05) is 0 Å². The molecule has 2 N–H and O–H groups in total. The lowest BCUT2D eigenvalue weighted by molar-refractivity contribution is -0.263. The SMILES string of the molecule is COc1ccc(OC)c(-c2cc(C(=O)NC[C@@](O)(c3ccccc3)C(F)(F)F)n(C)n2)c1. The summed E-state index contributed by atoms with van der Waals surface area (Å²) in [7, 11) is 4.46. The van der Waals surface area contributed by atoms with E-state index in [1.54, 1.807) is 18.2 Å². The first-order valence-electron chi connectivity index (χ1n) is 9.50. The van der Waals surface area contributed by atoms with Gasteiger partial charge < -0.3 is 19.9 Å². The highest BCUT2D eigenvalue weighted by Crippen LogP contribution is 2.38. The van der Waals surface area contributed by atoms with Gasteiger partial charge in [0.2, 0.25) is 5.60 Å². The summed E-state index contributed by atoms with van der Waals surface area (Å²) in [5.41, 5.74) is -2.72. The van der Waals surface area contributed by atoms with Crippen LogP contribution in [0.5, 0.6) is 11.5 Å². The summed E-state index contributed by atoms with van der Waals surface area (Å²) in [5, 5.41) is 16.8. The molecule has 32 heavy (non-hydrogen) atoms. The van der Waals surface area contributed by atoms with E-state index >= 15 is 0 Å². The van der Waals surface area contributed by atoms with Crippen molar-refractivity contribution in [3.63, 3.8) is 0 Å². The van der Waals surface area contributed by atoms with E-state index in [1.165, 1.54) is 50.2 Å². The van der Waals surface area contributed by atoms with Crippen LogP contribution in [0.25, 0.3) is 11.3 Å². The molecule has 0 saturated carbocycles. The molecule has 1 heterocycles. The maximum atomic E-state index is 13.7. The number of hydrogen-bond donors (Lipinski definition) is 2. The number of methoxy groups -OCH3 is 2. The third kappa shape index (κ3) is 4.40. The fourth-order valence-corrected chi connectivity index (χ4v) is 3.20. The molecule has 7 nitrogen and oxygen atoms in total. The molecule has 0 spiro atoms. The first kappa shape index (κ1) is 23.1. The van der Waals surface area contributed by atoms with Crippen molar-refractivity contribution in [2.75, 3.05) is 20.8 Å². The number of rotatable bonds is 7. The maximum Gasteiger partial charge on any atom is 0.423 e. The average molecular weight is 449 g/mol. The number of carbonyl (C=O) groups excluding carboxylic acids is 1. The fourth-order valence-electron chi connectivity index (χ4n) is 3.20. The quantitative estimate of drug-likeness (QED) is 0.578. The number of benzene rings is 2. The summed E-state index contributed by atoms with van der Waals surface area (Å²) in [6.07, 6.45) is -5.01. The second-order valence-electron chi connectivity index (χ2n) is 7.01. The lowest BCUT2D eigenvalue weighted by atomic mass is 9.93. The Morgan fingerprint density at radius 1 is 1.09 bits per heavy atom. The van der Waals surface area contributed by atoms with Gasteiger partial charge in [-0.2, -0.15) is 18.3 Å². The molecule has 3 rings (SSSR count). The van der Waals surface area contributed by atoms with Crippen LogP contribution in [0.3, 0.4) is 0 Å². The van der Waals surface area contributed by atoms with Gasteiger partial charge in [0.15, 0.2) is 0 Å². The molecule has 1 amide bonds. The summed E-state index contributed by atoms with van der Waals surface area (Å²) in [4.78, 5) is 12.7. The van der Waals surface area contributed by atoms with E-state index in [-0.39, 0.29) is 11.3 Å². The molecule has 0 radical (unpaired) electrons. The number of aryl methyl sites for hydroxylation is 1. The van der Waals surface area contributed by atoms with Gasteiger partial charge in [-0.3, -0.25) is 9.48 Å². The zero-order chi connectivity index (χ0) is 23.5. The molecule has 0 saturated heterocycles. The predicted molar refractivity (Wildman–Crippen MR) is 110 cm³/mol. The van der Waals surface area contributed by atoms with Crippen molar-refractivity contribution in [3.8, 4) is 22.8 Å². The number of hydrogen-bond acceptors (Lipinski definition) is 5. The number of amides is 1. The zero-order valence-corrected chi connectivity index (χ0v) is 17.6. The van der Waals surface area contributed by atoms with Gasteiger partial charge in [-0.05, 0) is 29.8 Å². The number of halogens is 3. The van der Waals surface area contributed by atoms with Crippen molar-refractivity contribution < 1.29 is 32.5 Å². The van der Waals surface area contributed by atoms with Gasteiger partial charge in [-0.1, -0.05) is 30.3 Å². The number of aromatic nitrogens is 2. The highest BCUT2D eigenvalue weighted by Gasteiger charge is 2.55. The molecule has 0 fully saturated rings. The van der Waals surface area contributed by atoms with E-state index in [0.717, 1.165) is 12.1 Å². The standard InChI is InChI=1S/C22H22F3N3O4/c1-28-18(12-17(27-28)16-11-15(31-2)9-10-19(16)32-3)20(29)26-13-21(30,22(23,24)25)14-7-5-4-6-8-14/h4-12,30H,13H2,1-3H3,(H,26,29)/t21-/m1/s1. The van der Waals surface area contributed by atoms with E-state index in [4.69, 9.17) is 9.47 Å². The summed E-state index contributed by atoms with van der Waals surface area (Å²) in [5.74, 6) is 0.189. The number of ether oxygens (including phenoxy) is 2. The number of nitrogens with one attached hydrogen (secondary N) is 1. The molecule has 0 bridgehead atoms. The molecule has 0 aliphatic carbocycles. The molecule has 0 aliphatic rings. The van der Waals surface area contributed by atoms with Crippen molar-refractivity contribution in [2.24, 2.45) is 7.05 Å². The molecule has 2 aromatic carbocycles. The van der Waals surface area contributed by atoms with Crippen LogP contribution in [-0.2, 0) is 12.6 Å². The Hall–Kier alpha value is -3.53. The number of aliphatic hydroxyl groups is 1. The van der Waals surface area contributed by atoms with Crippen LogP contribution >= 0.6 is 0 Å². The van der Waals surface area contributed by atoms with Crippen LogP contribution in [0, 0.1) is 0 Å². The summed E-state index contributed by atoms with van der Waals surface area (Å²) >= 11 is 0. The molecule has 3 aromatic rings. The van der Waals surface area contributed by atoms with E-state index in [9.17, 15) is 23.1 Å². The van der Waals surface area contributed by atoms with Crippen molar-refractivity contribution in [3.05, 3.63) is 65.9 Å². The van der Waals surface area contributed by atoms with Crippen molar-refractivity contribution in [2.45, 2.75) is 11.8 Å². The largest absolute Gasteiger partial charge is 0.497 e. The minimum atomic E-state index is -5.01. The summed E-state index contributed by atoms with van der Waals surface area (Å²) in [6.45, 7) is -1.07. The fraction of sp³-hybridized carbons (Fsp3) is 0.273. The van der Waals surface area contributed by atoms with Crippen molar-refractivity contribution in [1.29, 1.82) is 0 Å². The first-order valence-corrected chi connectivity index (χ1v) is 9.50. The van der Waals surface area contributed by atoms with E-state index < -0.39 is 24.2 Å². The van der Waals surface area contributed by atoms with Crippen molar-refractivity contribution >= 4 is 5.91 Å². The normalized spacial score (nSPS) is 13.3. The van der Waals surface area contributed by atoms with E-state index in [0.29, 0.717) is 22.8 Å². The van der Waals surface area contributed by atoms with Gasteiger partial charge in [0.05, 0.1) is 26.5 Å². The van der Waals surface area contributed by atoms with Gasteiger partial charge in [-0.25, -0.2) is 0 Å². The molecule has 0 aliphatic heterocycles. The zero-order valence-electron chi connectivity index (χ0n) is 17.6. The predicted octanol–water partition coefficient (Wildman–Crippen LogP) is 3.28. The molecule has 1 atom stereocenters. The Bertz CT molecular complexity index is 1100. The Balaban J connectivity index is 1.88. The van der Waals surface area contributed by atoms with Gasteiger partial charge in [0.25, 0.3) is 5.91 Å². The third-order valence-electron chi connectivity index (χ3n) is 5.02. The topological polar surface area (TPSA) is 85.6 Å². The van der Waals surface area contributed by atoms with E-state index in [2.05, 4.69) is 10.4 Å². The molecule has 10 heteroatoms. The Labute approximate surface area is 182 Å². The van der Waals surface area contributed by atoms with Crippen LogP contribution < -0.4 is 14.8 Å². The third-order valence-corrected chi connectivity index (χ3v) is 5.02. The lowest BCUT2D eigenvalue weighted by Gasteiger charge is -2.31. The molecular formula is C22H22F3N3O4. The van der Waals surface area contributed by atoms with Crippen LogP contribution in [0.15, 0.2) is 54.6 Å². The second kappa shape index (κ2) is 8.91. The molecule has 1 aromatic heterocycles. The molecule has 170 valence electrons. The van der Waals surface area contributed by atoms with Crippen LogP contribution in [0.2, 0.25) is 0 Å². The summed E-state index contributed by atoms with van der Waals surface area (Å²) in [6, 6.07) is 13.0. The minimum Gasteiger partial charge on any atom is -0.497 e. The first-order chi connectivity index (χ1) is 15.1. The highest BCUT2D eigenvalue weighted by atomic mass is 19.4. The Kier molecular flexibility index (Phi) is 6.45. The monoisotopic (exact) mass is 449 g/mol. The molecular weight excluding hydrogens is 427 g/mol. The van der Waals surface area contributed by atoms with Crippen LogP contribution in [-0.4, -0.2) is 47.7 Å². The van der Waals surface area contributed by atoms with Crippen molar-refractivity contribution in [1.82, 2.24) is 15.1 Å². The highest BCUT2D eigenvalue weighted by molar-refractivity contribution is 5.94. The second-order valence-corrected chi connectivity index (χ2v) is 7.01. The number of alkyl halides is 3.